The monoisotopic (exact) mass is 413 g/mol. The van der Waals surface area contributed by atoms with Gasteiger partial charge in [0.15, 0.2) is 0 Å². The lowest BCUT2D eigenvalue weighted by atomic mass is 9.98. The number of nitrogens with two attached hydrogens (primary N) is 1. The van der Waals surface area contributed by atoms with Gasteiger partial charge in [-0.1, -0.05) is 35.0 Å². The largest absolute Gasteiger partial charge is 0.324 e. The number of hydrogen-bond donors (Lipinski definition) is 1. The molecule has 0 radical (unpaired) electrons. The Kier molecular flexibility index (Phi) is 5.28. The second-order valence-corrected chi connectivity index (χ2v) is 7.05. The smallest absolute Gasteiger partial charge is 0.0766 e. The molecule has 0 fully saturated rings. The molecule has 0 spiro atoms. The van der Waals surface area contributed by atoms with Gasteiger partial charge in [0.25, 0.3) is 0 Å². The number of halogens is 2. The van der Waals surface area contributed by atoms with Gasteiger partial charge in [-0.25, -0.2) is 0 Å². The quantitative estimate of drug-likeness (QED) is 0.807. The van der Waals surface area contributed by atoms with Gasteiger partial charge in [-0.05, 0) is 52.9 Å². The molecule has 0 amide bonds. The lowest BCUT2D eigenvalue weighted by molar-refractivity contribution is 0.636. The molecule has 3 nitrogen and oxygen atoms in total. The van der Waals surface area contributed by atoms with Gasteiger partial charge < -0.3 is 5.73 Å². The zero-order chi connectivity index (χ0) is 15.7. The predicted octanol–water partition coefficient (Wildman–Crippen LogP) is 4.37. The average molecular weight is 415 g/mol. The van der Waals surface area contributed by atoms with Crippen molar-refractivity contribution < 1.29 is 0 Å². The molecule has 0 aliphatic rings. The Balaban J connectivity index is 2.30. The normalized spacial score (nSPS) is 12.7. The summed E-state index contributed by atoms with van der Waals surface area (Å²) in [6, 6.07) is 4.28. The lowest BCUT2D eigenvalue weighted by Gasteiger charge is -2.15. The number of rotatable bonds is 4. The van der Waals surface area contributed by atoms with Crippen LogP contribution in [0.3, 0.4) is 0 Å². The highest BCUT2D eigenvalue weighted by atomic mass is 79.9. The Morgan fingerprint density at radius 3 is 2.24 bits per heavy atom. The molecule has 1 heterocycles. The van der Waals surface area contributed by atoms with E-state index in [-0.39, 0.29) is 6.04 Å². The highest BCUT2D eigenvalue weighted by molar-refractivity contribution is 9.10. The number of aromatic nitrogens is 2. The fourth-order valence-electron chi connectivity index (χ4n) is 2.56. The van der Waals surface area contributed by atoms with Crippen LogP contribution in [0.25, 0.3) is 0 Å². The molecule has 0 aliphatic heterocycles. The van der Waals surface area contributed by atoms with E-state index in [2.05, 4.69) is 69.9 Å². The lowest BCUT2D eigenvalue weighted by Crippen LogP contribution is -2.16. The molecule has 1 aromatic carbocycles. The maximum atomic E-state index is 6.43. The summed E-state index contributed by atoms with van der Waals surface area (Å²) in [4.78, 5) is 0. The molecule has 1 unspecified atom stereocenters. The van der Waals surface area contributed by atoms with Gasteiger partial charge in [-0.15, -0.1) is 0 Å². The molecule has 1 aromatic heterocycles. The summed E-state index contributed by atoms with van der Waals surface area (Å²) in [7, 11) is 1.98. The van der Waals surface area contributed by atoms with Crippen LogP contribution in [0.15, 0.2) is 21.1 Å². The maximum Gasteiger partial charge on any atom is 0.0766 e. The van der Waals surface area contributed by atoms with Gasteiger partial charge in [0.2, 0.25) is 0 Å². The Morgan fingerprint density at radius 1 is 1.19 bits per heavy atom. The summed E-state index contributed by atoms with van der Waals surface area (Å²) in [5.74, 6) is 0. The highest BCUT2D eigenvalue weighted by Crippen LogP contribution is 2.29. The van der Waals surface area contributed by atoms with Crippen molar-refractivity contribution in [3.63, 3.8) is 0 Å². The van der Waals surface area contributed by atoms with Crippen LogP contribution in [0.1, 0.15) is 41.0 Å². The van der Waals surface area contributed by atoms with E-state index < -0.39 is 0 Å². The van der Waals surface area contributed by atoms with E-state index in [9.17, 15) is 0 Å². The minimum Gasteiger partial charge on any atom is -0.324 e. The van der Waals surface area contributed by atoms with Crippen molar-refractivity contribution in [2.45, 2.75) is 39.7 Å². The third-order valence-electron chi connectivity index (χ3n) is 3.80. The van der Waals surface area contributed by atoms with Gasteiger partial charge in [0, 0.05) is 24.0 Å². The Hall–Kier alpha value is -0.650. The van der Waals surface area contributed by atoms with E-state index in [0.717, 1.165) is 33.2 Å². The molecule has 114 valence electrons. The van der Waals surface area contributed by atoms with Crippen LogP contribution in [-0.4, -0.2) is 9.78 Å². The minimum atomic E-state index is -0.0353. The number of aryl methyl sites for hydroxylation is 4. The summed E-state index contributed by atoms with van der Waals surface area (Å²) in [6.07, 6.45) is 1.69. The molecule has 5 heteroatoms. The molecule has 0 bridgehead atoms. The van der Waals surface area contributed by atoms with Crippen LogP contribution in [-0.2, 0) is 19.9 Å². The molecule has 21 heavy (non-hydrogen) atoms. The second-order valence-electron chi connectivity index (χ2n) is 5.46. The van der Waals surface area contributed by atoms with Crippen LogP contribution < -0.4 is 5.73 Å². The number of hydrogen-bond acceptors (Lipinski definition) is 2. The summed E-state index contributed by atoms with van der Waals surface area (Å²) in [6.45, 7) is 6.31. The second kappa shape index (κ2) is 6.63. The summed E-state index contributed by atoms with van der Waals surface area (Å²) >= 11 is 7.26. The Morgan fingerprint density at radius 2 is 1.76 bits per heavy atom. The highest BCUT2D eigenvalue weighted by Gasteiger charge is 2.17. The van der Waals surface area contributed by atoms with Crippen molar-refractivity contribution >= 4 is 31.9 Å². The maximum absolute atomic E-state index is 6.43. The van der Waals surface area contributed by atoms with Crippen LogP contribution in [0.5, 0.6) is 0 Å². The summed E-state index contributed by atoms with van der Waals surface area (Å²) < 4.78 is 4.18. The van der Waals surface area contributed by atoms with E-state index >= 15 is 0 Å². The van der Waals surface area contributed by atoms with Gasteiger partial charge in [0.1, 0.15) is 0 Å². The van der Waals surface area contributed by atoms with Crippen molar-refractivity contribution in [1.82, 2.24) is 9.78 Å². The zero-order valence-electron chi connectivity index (χ0n) is 12.9. The van der Waals surface area contributed by atoms with E-state index in [4.69, 9.17) is 5.73 Å². The molecule has 1 atom stereocenters. The SMILES string of the molecule is CCc1nn(C)c(CC(N)c2cc(C)c(Br)c(C)c2)c1Br. The van der Waals surface area contributed by atoms with E-state index in [1.807, 2.05) is 11.7 Å². The summed E-state index contributed by atoms with van der Waals surface area (Å²) in [5, 5.41) is 4.53. The van der Waals surface area contributed by atoms with Crippen molar-refractivity contribution in [1.29, 1.82) is 0 Å². The van der Waals surface area contributed by atoms with Crippen LogP contribution in [0, 0.1) is 13.8 Å². The van der Waals surface area contributed by atoms with Crippen molar-refractivity contribution in [2.24, 2.45) is 12.8 Å². The predicted molar refractivity (Wildman–Crippen MR) is 94.5 cm³/mol. The molecule has 0 saturated carbocycles. The first kappa shape index (κ1) is 16.7. The van der Waals surface area contributed by atoms with Gasteiger partial charge >= 0.3 is 0 Å². The molecule has 0 saturated heterocycles. The third kappa shape index (κ3) is 3.41. The molecule has 2 rings (SSSR count). The molecule has 0 aliphatic carbocycles. The molecular weight excluding hydrogens is 394 g/mol. The van der Waals surface area contributed by atoms with E-state index in [0.29, 0.717) is 0 Å². The molecule has 2 N–H and O–H groups in total. The van der Waals surface area contributed by atoms with Crippen LogP contribution in [0.2, 0.25) is 0 Å². The van der Waals surface area contributed by atoms with Gasteiger partial charge in [0.05, 0.1) is 15.9 Å². The molecule has 2 aromatic rings. The first-order valence-electron chi connectivity index (χ1n) is 7.07. The fraction of sp³-hybridized carbons (Fsp3) is 0.438. The minimum absolute atomic E-state index is 0.0353. The van der Waals surface area contributed by atoms with Crippen molar-refractivity contribution in [2.75, 3.05) is 0 Å². The van der Waals surface area contributed by atoms with E-state index in [1.54, 1.807) is 0 Å². The molecular formula is C16H21Br2N3. The van der Waals surface area contributed by atoms with Gasteiger partial charge in [-0.2, -0.15) is 5.10 Å². The Bertz CT molecular complexity index is 639. The summed E-state index contributed by atoms with van der Waals surface area (Å²) in [5.41, 5.74) is 12.3. The van der Waals surface area contributed by atoms with Gasteiger partial charge in [-0.3, -0.25) is 4.68 Å². The fourth-order valence-corrected chi connectivity index (χ4v) is 3.57. The van der Waals surface area contributed by atoms with Crippen LogP contribution >= 0.6 is 31.9 Å². The number of nitrogens with zero attached hydrogens (tertiary/aromatic N) is 2. The van der Waals surface area contributed by atoms with Crippen molar-refractivity contribution in [3.8, 4) is 0 Å². The average Bonchev–Trinajstić information content (AvgIpc) is 2.71. The van der Waals surface area contributed by atoms with Crippen LogP contribution in [0.4, 0.5) is 0 Å². The zero-order valence-corrected chi connectivity index (χ0v) is 16.0. The Labute approximate surface area is 143 Å². The first-order valence-corrected chi connectivity index (χ1v) is 8.66. The standard InChI is InChI=1S/C16H21Br2N3/c1-5-13-16(18)14(21(4)20-13)8-12(19)11-6-9(2)15(17)10(3)7-11/h6-7,12H,5,8,19H2,1-4H3. The topological polar surface area (TPSA) is 43.8 Å². The third-order valence-corrected chi connectivity index (χ3v) is 5.97. The number of benzene rings is 1. The first-order chi connectivity index (χ1) is 9.85. The van der Waals surface area contributed by atoms with Crippen molar-refractivity contribution in [3.05, 3.63) is 49.2 Å². The van der Waals surface area contributed by atoms with E-state index in [1.165, 1.54) is 16.7 Å².